The van der Waals surface area contributed by atoms with Gasteiger partial charge in [0, 0.05) is 16.0 Å². The molecular formula is C20H13ClO4. The van der Waals surface area contributed by atoms with E-state index in [0.29, 0.717) is 22.1 Å². The van der Waals surface area contributed by atoms with E-state index >= 15 is 0 Å². The van der Waals surface area contributed by atoms with Crippen molar-refractivity contribution in [2.45, 2.75) is 6.61 Å². The number of halogens is 1. The van der Waals surface area contributed by atoms with Gasteiger partial charge in [-0.1, -0.05) is 29.8 Å². The molecule has 0 unspecified atom stereocenters. The highest BCUT2D eigenvalue weighted by atomic mass is 35.5. The van der Waals surface area contributed by atoms with Crippen LogP contribution in [0.4, 0.5) is 0 Å². The quantitative estimate of drug-likeness (QED) is 0.442. The molecule has 0 atom stereocenters. The number of carbonyl (C=O) groups is 1. The van der Waals surface area contributed by atoms with E-state index in [4.69, 9.17) is 25.2 Å². The monoisotopic (exact) mass is 352 g/mol. The molecule has 124 valence electrons. The Kier molecular flexibility index (Phi) is 4.04. The van der Waals surface area contributed by atoms with Gasteiger partial charge in [-0.25, -0.2) is 4.79 Å². The van der Waals surface area contributed by atoms with Gasteiger partial charge in [0.2, 0.25) is 5.76 Å². The van der Waals surface area contributed by atoms with Gasteiger partial charge in [-0.3, -0.25) is 0 Å². The number of furan rings is 2. The number of ether oxygens (including phenoxy) is 1. The summed E-state index contributed by atoms with van der Waals surface area (Å²) in [5.74, 6) is 0.882. The average molecular weight is 353 g/mol. The Labute approximate surface area is 148 Å². The molecule has 4 rings (SSSR count). The van der Waals surface area contributed by atoms with Crippen molar-refractivity contribution in [1.29, 1.82) is 0 Å². The highest BCUT2D eigenvalue weighted by Gasteiger charge is 2.15. The van der Waals surface area contributed by atoms with Crippen molar-refractivity contribution in [3.05, 3.63) is 83.3 Å². The van der Waals surface area contributed by atoms with Crippen LogP contribution < -0.4 is 0 Å². The second-order valence-electron chi connectivity index (χ2n) is 5.50. The number of hydrogen-bond donors (Lipinski definition) is 0. The second kappa shape index (κ2) is 6.49. The van der Waals surface area contributed by atoms with Crippen LogP contribution in [0.25, 0.3) is 22.3 Å². The van der Waals surface area contributed by atoms with Crippen LogP contribution in [-0.2, 0) is 11.3 Å². The normalized spacial score (nSPS) is 10.9. The Bertz CT molecular complexity index is 994. The van der Waals surface area contributed by atoms with Crippen molar-refractivity contribution in [2.24, 2.45) is 0 Å². The first-order valence-corrected chi connectivity index (χ1v) is 8.07. The van der Waals surface area contributed by atoms with Gasteiger partial charge in [0.25, 0.3) is 0 Å². The Morgan fingerprint density at radius 1 is 0.960 bits per heavy atom. The van der Waals surface area contributed by atoms with Gasteiger partial charge >= 0.3 is 5.97 Å². The molecule has 0 aliphatic carbocycles. The van der Waals surface area contributed by atoms with Crippen LogP contribution in [-0.4, -0.2) is 5.97 Å². The summed E-state index contributed by atoms with van der Waals surface area (Å²) in [5.41, 5.74) is 1.55. The minimum absolute atomic E-state index is 0.0312. The fourth-order valence-corrected chi connectivity index (χ4v) is 2.64. The van der Waals surface area contributed by atoms with E-state index in [1.165, 1.54) is 0 Å². The van der Waals surface area contributed by atoms with Crippen LogP contribution in [0.15, 0.2) is 75.6 Å². The topological polar surface area (TPSA) is 52.6 Å². The number of hydrogen-bond acceptors (Lipinski definition) is 4. The molecule has 25 heavy (non-hydrogen) atoms. The molecule has 0 spiro atoms. The SMILES string of the molecule is O=C(OCc1ccc(-c2ccc(Cl)cc2)o1)c1cc2ccccc2o1. The Morgan fingerprint density at radius 2 is 1.76 bits per heavy atom. The van der Waals surface area contributed by atoms with Crippen LogP contribution in [0, 0.1) is 0 Å². The minimum Gasteiger partial charge on any atom is -0.457 e. The molecule has 0 aliphatic rings. The van der Waals surface area contributed by atoms with Crippen molar-refractivity contribution in [2.75, 3.05) is 0 Å². The summed E-state index contributed by atoms with van der Waals surface area (Å²) in [6.45, 7) is 0.0312. The van der Waals surface area contributed by atoms with E-state index in [1.807, 2.05) is 36.4 Å². The van der Waals surface area contributed by atoms with Gasteiger partial charge in [0.1, 0.15) is 23.7 Å². The number of benzene rings is 2. The van der Waals surface area contributed by atoms with Gasteiger partial charge in [0.15, 0.2) is 0 Å². The van der Waals surface area contributed by atoms with E-state index in [2.05, 4.69) is 0 Å². The van der Waals surface area contributed by atoms with Crippen molar-refractivity contribution >= 4 is 28.5 Å². The maximum Gasteiger partial charge on any atom is 0.374 e. The second-order valence-corrected chi connectivity index (χ2v) is 5.93. The van der Waals surface area contributed by atoms with Crippen LogP contribution in [0.3, 0.4) is 0 Å². The van der Waals surface area contributed by atoms with Crippen LogP contribution in [0.5, 0.6) is 0 Å². The molecule has 4 aromatic rings. The molecule has 4 nitrogen and oxygen atoms in total. The van der Waals surface area contributed by atoms with Gasteiger partial charge in [-0.15, -0.1) is 0 Å². The highest BCUT2D eigenvalue weighted by Crippen LogP contribution is 2.25. The molecule has 0 amide bonds. The van der Waals surface area contributed by atoms with E-state index in [0.717, 1.165) is 10.9 Å². The third-order valence-electron chi connectivity index (χ3n) is 3.76. The first-order chi connectivity index (χ1) is 12.2. The van der Waals surface area contributed by atoms with Crippen molar-refractivity contribution < 1.29 is 18.4 Å². The molecule has 5 heteroatoms. The van der Waals surface area contributed by atoms with E-state index in [-0.39, 0.29) is 12.4 Å². The Morgan fingerprint density at radius 3 is 2.56 bits per heavy atom. The molecule has 0 N–H and O–H groups in total. The smallest absolute Gasteiger partial charge is 0.374 e. The molecule has 0 aliphatic heterocycles. The van der Waals surface area contributed by atoms with E-state index < -0.39 is 5.97 Å². The minimum atomic E-state index is -0.527. The zero-order valence-corrected chi connectivity index (χ0v) is 13.8. The highest BCUT2D eigenvalue weighted by molar-refractivity contribution is 6.30. The standard InChI is InChI=1S/C20H13ClO4/c21-15-7-5-13(6-8-15)18-10-9-16(24-18)12-23-20(22)19-11-14-3-1-2-4-17(14)25-19/h1-11H,12H2. The zero-order valence-electron chi connectivity index (χ0n) is 13.1. The first kappa shape index (κ1) is 15.5. The summed E-state index contributed by atoms with van der Waals surface area (Å²) in [6, 6.07) is 20.0. The zero-order chi connectivity index (χ0) is 17.2. The van der Waals surface area contributed by atoms with E-state index in [1.54, 1.807) is 30.3 Å². The molecule has 0 radical (unpaired) electrons. The molecule has 0 fully saturated rings. The predicted octanol–water partition coefficient (Wildman–Crippen LogP) is 5.70. The average Bonchev–Trinajstić information content (AvgIpc) is 3.27. The lowest BCUT2D eigenvalue weighted by Gasteiger charge is -2.00. The summed E-state index contributed by atoms with van der Waals surface area (Å²) >= 11 is 5.88. The molecule has 0 saturated carbocycles. The fraction of sp³-hybridized carbons (Fsp3) is 0.0500. The maximum absolute atomic E-state index is 12.1. The van der Waals surface area contributed by atoms with Gasteiger partial charge < -0.3 is 13.6 Å². The Balaban J connectivity index is 1.44. The van der Waals surface area contributed by atoms with Crippen molar-refractivity contribution in [3.8, 4) is 11.3 Å². The number of para-hydroxylation sites is 1. The summed E-state index contributed by atoms with van der Waals surface area (Å²) < 4.78 is 16.5. The third-order valence-corrected chi connectivity index (χ3v) is 4.01. The third kappa shape index (κ3) is 3.30. The fourth-order valence-electron chi connectivity index (χ4n) is 2.52. The summed E-state index contributed by atoms with van der Waals surface area (Å²) in [4.78, 5) is 12.1. The lowest BCUT2D eigenvalue weighted by Crippen LogP contribution is -2.03. The lowest BCUT2D eigenvalue weighted by molar-refractivity contribution is 0.0412. The number of carbonyl (C=O) groups excluding carboxylic acids is 1. The van der Waals surface area contributed by atoms with E-state index in [9.17, 15) is 4.79 Å². The van der Waals surface area contributed by atoms with Crippen molar-refractivity contribution in [1.82, 2.24) is 0 Å². The molecule has 0 bridgehead atoms. The first-order valence-electron chi connectivity index (χ1n) is 7.69. The van der Waals surface area contributed by atoms with Gasteiger partial charge in [-0.2, -0.15) is 0 Å². The number of fused-ring (bicyclic) bond motifs is 1. The molecular weight excluding hydrogens is 340 g/mol. The van der Waals surface area contributed by atoms with Crippen LogP contribution in [0.1, 0.15) is 16.3 Å². The molecule has 2 aromatic heterocycles. The van der Waals surface area contributed by atoms with Gasteiger partial charge in [0.05, 0.1) is 0 Å². The maximum atomic E-state index is 12.1. The molecule has 2 aromatic carbocycles. The summed E-state index contributed by atoms with van der Waals surface area (Å²) in [7, 11) is 0. The van der Waals surface area contributed by atoms with Gasteiger partial charge in [-0.05, 0) is 48.5 Å². The summed E-state index contributed by atoms with van der Waals surface area (Å²) in [5, 5.41) is 1.52. The van der Waals surface area contributed by atoms with Crippen molar-refractivity contribution in [3.63, 3.8) is 0 Å². The molecule has 2 heterocycles. The number of esters is 1. The summed E-state index contributed by atoms with van der Waals surface area (Å²) in [6.07, 6.45) is 0. The Hall–Kier alpha value is -2.98. The largest absolute Gasteiger partial charge is 0.457 e. The van der Waals surface area contributed by atoms with Crippen LogP contribution in [0.2, 0.25) is 5.02 Å². The lowest BCUT2D eigenvalue weighted by atomic mass is 10.2. The predicted molar refractivity (Wildman–Crippen MR) is 94.5 cm³/mol. The number of rotatable bonds is 4. The van der Waals surface area contributed by atoms with Crippen LogP contribution >= 0.6 is 11.6 Å². The molecule has 0 saturated heterocycles.